The van der Waals surface area contributed by atoms with Crippen LogP contribution in [0.3, 0.4) is 0 Å². The zero-order chi connectivity index (χ0) is 16.2. The third-order valence-electron chi connectivity index (χ3n) is 2.94. The van der Waals surface area contributed by atoms with Crippen molar-refractivity contribution in [2.45, 2.75) is 26.1 Å². The summed E-state index contributed by atoms with van der Waals surface area (Å²) in [4.78, 5) is 13.5. The third kappa shape index (κ3) is 4.42. The van der Waals surface area contributed by atoms with Crippen LogP contribution >= 0.6 is 0 Å². The highest BCUT2D eigenvalue weighted by Crippen LogP contribution is 2.30. The molecule has 0 bridgehead atoms. The van der Waals surface area contributed by atoms with Gasteiger partial charge in [-0.2, -0.15) is 13.2 Å². The third-order valence-corrected chi connectivity index (χ3v) is 2.94. The Bertz CT molecular complexity index is 500. The normalized spacial score (nSPS) is 11.8. The van der Waals surface area contributed by atoms with Gasteiger partial charge in [-0.1, -0.05) is 0 Å². The molecule has 0 aliphatic rings. The molecule has 0 aliphatic heterocycles. The van der Waals surface area contributed by atoms with Crippen LogP contribution in [0.25, 0.3) is 0 Å². The summed E-state index contributed by atoms with van der Waals surface area (Å²) < 4.78 is 56.5. The number of carbonyl (C=O) groups excluding carboxylic acids is 1. The van der Waals surface area contributed by atoms with Gasteiger partial charge >= 0.3 is 6.18 Å². The van der Waals surface area contributed by atoms with Crippen LogP contribution in [0.2, 0.25) is 0 Å². The number of amides is 1. The van der Waals surface area contributed by atoms with Crippen LogP contribution in [-0.2, 0) is 10.9 Å². The van der Waals surface area contributed by atoms with E-state index in [1.54, 1.807) is 13.8 Å². The van der Waals surface area contributed by atoms with Crippen molar-refractivity contribution in [2.75, 3.05) is 20.3 Å². The fourth-order valence-electron chi connectivity index (χ4n) is 1.80. The highest BCUT2D eigenvalue weighted by Gasteiger charge is 2.32. The average molecular weight is 307 g/mol. The minimum Gasteiger partial charge on any atom is -0.383 e. The Hall–Kier alpha value is -1.63. The van der Waals surface area contributed by atoms with Crippen LogP contribution in [0.1, 0.15) is 29.8 Å². The van der Waals surface area contributed by atoms with E-state index in [1.165, 1.54) is 12.0 Å². The summed E-state index contributed by atoms with van der Waals surface area (Å²) in [5.74, 6) is -1.76. The second-order valence-corrected chi connectivity index (χ2v) is 4.78. The molecule has 1 rings (SSSR count). The second kappa shape index (κ2) is 6.89. The van der Waals surface area contributed by atoms with E-state index in [2.05, 4.69) is 0 Å². The Morgan fingerprint density at radius 1 is 1.33 bits per heavy atom. The number of methoxy groups -OCH3 is 1. The van der Waals surface area contributed by atoms with Gasteiger partial charge in [0.15, 0.2) is 0 Å². The number of benzene rings is 1. The maximum Gasteiger partial charge on any atom is 0.416 e. The molecule has 1 aromatic carbocycles. The lowest BCUT2D eigenvalue weighted by molar-refractivity contribution is -0.137. The Morgan fingerprint density at radius 2 is 1.95 bits per heavy atom. The second-order valence-electron chi connectivity index (χ2n) is 4.78. The summed E-state index contributed by atoms with van der Waals surface area (Å²) in [5, 5.41) is 0. The van der Waals surface area contributed by atoms with Crippen molar-refractivity contribution in [2.24, 2.45) is 0 Å². The van der Waals surface area contributed by atoms with Crippen LogP contribution in [-0.4, -0.2) is 37.1 Å². The molecule has 1 aromatic rings. The standard InChI is InChI=1S/C14H17F4NO2/c1-9(2)19(6-7-21-3)13(20)11-8-10(14(16,17)18)4-5-12(11)15/h4-5,8-9H,6-7H2,1-3H3. The SMILES string of the molecule is COCCN(C(=O)c1cc(C(F)(F)F)ccc1F)C(C)C. The van der Waals surface area contributed by atoms with Gasteiger partial charge in [0.05, 0.1) is 17.7 Å². The molecule has 118 valence electrons. The molecule has 0 unspecified atom stereocenters. The number of alkyl halides is 3. The number of ether oxygens (including phenoxy) is 1. The number of nitrogens with zero attached hydrogens (tertiary/aromatic N) is 1. The largest absolute Gasteiger partial charge is 0.416 e. The molecule has 0 spiro atoms. The topological polar surface area (TPSA) is 29.5 Å². The number of rotatable bonds is 5. The van der Waals surface area contributed by atoms with Crippen molar-refractivity contribution in [1.82, 2.24) is 4.90 Å². The van der Waals surface area contributed by atoms with Gasteiger partial charge in [0.1, 0.15) is 5.82 Å². The Kier molecular flexibility index (Phi) is 5.71. The quantitative estimate of drug-likeness (QED) is 0.781. The van der Waals surface area contributed by atoms with Gasteiger partial charge in [-0.25, -0.2) is 4.39 Å². The van der Waals surface area contributed by atoms with Gasteiger partial charge in [0, 0.05) is 19.7 Å². The lowest BCUT2D eigenvalue weighted by Gasteiger charge is -2.27. The van der Waals surface area contributed by atoms with E-state index in [-0.39, 0.29) is 19.2 Å². The summed E-state index contributed by atoms with van der Waals surface area (Å²) in [5.41, 5.74) is -1.64. The molecule has 7 heteroatoms. The van der Waals surface area contributed by atoms with Crippen molar-refractivity contribution in [3.8, 4) is 0 Å². The van der Waals surface area contributed by atoms with Crippen LogP contribution in [0.4, 0.5) is 17.6 Å². The lowest BCUT2D eigenvalue weighted by atomic mass is 10.1. The van der Waals surface area contributed by atoms with E-state index >= 15 is 0 Å². The van der Waals surface area contributed by atoms with E-state index in [0.717, 1.165) is 0 Å². The van der Waals surface area contributed by atoms with Crippen LogP contribution in [0, 0.1) is 5.82 Å². The summed E-state index contributed by atoms with van der Waals surface area (Å²) in [6.45, 7) is 3.77. The molecule has 3 nitrogen and oxygen atoms in total. The highest BCUT2D eigenvalue weighted by atomic mass is 19.4. The zero-order valence-corrected chi connectivity index (χ0v) is 12.0. The van der Waals surface area contributed by atoms with E-state index in [9.17, 15) is 22.4 Å². The summed E-state index contributed by atoms with van der Waals surface area (Å²) >= 11 is 0. The van der Waals surface area contributed by atoms with Gasteiger partial charge in [-0.05, 0) is 32.0 Å². The van der Waals surface area contributed by atoms with Gasteiger partial charge < -0.3 is 9.64 Å². The molecule has 1 amide bonds. The first-order valence-corrected chi connectivity index (χ1v) is 6.35. The van der Waals surface area contributed by atoms with Crippen LogP contribution < -0.4 is 0 Å². The fraction of sp³-hybridized carbons (Fsp3) is 0.500. The van der Waals surface area contributed by atoms with Crippen molar-refractivity contribution in [1.29, 1.82) is 0 Å². The lowest BCUT2D eigenvalue weighted by Crippen LogP contribution is -2.39. The number of halogens is 4. The van der Waals surface area contributed by atoms with E-state index in [4.69, 9.17) is 4.74 Å². The number of hydrogen-bond donors (Lipinski definition) is 0. The van der Waals surface area contributed by atoms with Gasteiger partial charge in [-0.3, -0.25) is 4.79 Å². The smallest absolute Gasteiger partial charge is 0.383 e. The number of hydrogen-bond acceptors (Lipinski definition) is 2. The predicted octanol–water partition coefficient (Wildman–Crippen LogP) is 3.34. The molecule has 0 heterocycles. The molecule has 0 aromatic heterocycles. The summed E-state index contributed by atoms with van der Waals surface area (Å²) in [7, 11) is 1.44. The Balaban J connectivity index is 3.15. The van der Waals surface area contributed by atoms with Gasteiger partial charge in [0.25, 0.3) is 5.91 Å². The molecule has 0 fully saturated rings. The molecule has 0 saturated carbocycles. The first-order chi connectivity index (χ1) is 9.68. The summed E-state index contributed by atoms with van der Waals surface area (Å²) in [6.07, 6.45) is -4.63. The van der Waals surface area contributed by atoms with Crippen molar-refractivity contribution >= 4 is 5.91 Å². The van der Waals surface area contributed by atoms with Gasteiger partial charge in [-0.15, -0.1) is 0 Å². The van der Waals surface area contributed by atoms with Gasteiger partial charge in [0.2, 0.25) is 0 Å². The molecular formula is C14H17F4NO2. The minimum absolute atomic E-state index is 0.169. The van der Waals surface area contributed by atoms with Crippen molar-refractivity contribution in [3.63, 3.8) is 0 Å². The molecule has 21 heavy (non-hydrogen) atoms. The predicted molar refractivity (Wildman–Crippen MR) is 69.5 cm³/mol. The van der Waals surface area contributed by atoms with Crippen molar-refractivity contribution in [3.05, 3.63) is 35.1 Å². The maximum absolute atomic E-state index is 13.7. The minimum atomic E-state index is -4.63. The Morgan fingerprint density at radius 3 is 2.43 bits per heavy atom. The molecule has 0 aliphatic carbocycles. The van der Waals surface area contributed by atoms with Crippen LogP contribution in [0.5, 0.6) is 0 Å². The monoisotopic (exact) mass is 307 g/mol. The Labute approximate surface area is 120 Å². The zero-order valence-electron chi connectivity index (χ0n) is 12.0. The highest BCUT2D eigenvalue weighted by molar-refractivity contribution is 5.95. The fourth-order valence-corrected chi connectivity index (χ4v) is 1.80. The molecule has 0 radical (unpaired) electrons. The average Bonchev–Trinajstić information content (AvgIpc) is 2.37. The van der Waals surface area contributed by atoms with Crippen LogP contribution in [0.15, 0.2) is 18.2 Å². The molecular weight excluding hydrogens is 290 g/mol. The maximum atomic E-state index is 13.7. The summed E-state index contributed by atoms with van der Waals surface area (Å²) in [6, 6.07) is 1.52. The molecule has 0 saturated heterocycles. The first-order valence-electron chi connectivity index (χ1n) is 6.35. The molecule has 0 N–H and O–H groups in total. The van der Waals surface area contributed by atoms with E-state index in [1.807, 2.05) is 0 Å². The van der Waals surface area contributed by atoms with E-state index in [0.29, 0.717) is 18.2 Å². The number of carbonyl (C=O) groups is 1. The van der Waals surface area contributed by atoms with E-state index < -0.39 is 29.0 Å². The molecule has 0 atom stereocenters. The first kappa shape index (κ1) is 17.4. The van der Waals surface area contributed by atoms with Crippen molar-refractivity contribution < 1.29 is 27.1 Å².